The van der Waals surface area contributed by atoms with Crippen LogP contribution in [0.1, 0.15) is 202 Å². The summed E-state index contributed by atoms with van der Waals surface area (Å²) in [6.45, 7) is 79.7. The van der Waals surface area contributed by atoms with Crippen LogP contribution in [0.15, 0.2) is 4.42 Å². The zero-order valence-corrected chi connectivity index (χ0v) is 107. The van der Waals surface area contributed by atoms with Gasteiger partial charge in [-0.05, 0) is 277 Å². The van der Waals surface area contributed by atoms with Crippen molar-refractivity contribution in [3.05, 3.63) is 207 Å². The van der Waals surface area contributed by atoms with E-state index in [9.17, 15) is 0 Å². The second kappa shape index (κ2) is 46.3. The van der Waals surface area contributed by atoms with E-state index in [1.54, 1.807) is 32.6 Å². The fourth-order valence-electron chi connectivity index (χ4n) is 16.4. The molecule has 1 aliphatic carbocycles. The maximum Gasteiger partial charge on any atom is 0.138 e. The average Bonchev–Trinajstić information content (AvgIpc) is 1.71. The number of furan rings is 1. The van der Waals surface area contributed by atoms with Gasteiger partial charge in [-0.3, -0.25) is 0 Å². The van der Waals surface area contributed by atoms with E-state index < -0.39 is 8.80 Å². The van der Waals surface area contributed by atoms with E-state index in [0.29, 0.717) is 0 Å². The van der Waals surface area contributed by atoms with Crippen LogP contribution in [0.5, 0.6) is 0 Å². The standard InChI is InChI=1S/C23H28.C22H27.C21H27Si.C20H24O.13Y/c1-11-10-20-16(6)12(2)13(3)18(8)22(20)23-19(9)15(5)14(4)17(7)21(11)23;1-10-12(3)16(7)21-19(14(10)5)18(9)20-15(6)11(2)13(4)17(8)22(20)21;1-10-12(3)16(7)20-18(14(10)5)19-15(6)11(2)13(4)17(8)21(19)22(20)9;1-9-11(3)15(7)19-17(13(9)5)18-14(6)10(2)12(4)16(8)20(18)21-19;;;;;;;;;;;;;/h10H,1-9H3;2*1-9H3;1-8H3;;;;;;;;;;;;;/q-2;-1;;;;;;;;;;;;;;;. The first-order chi connectivity index (χ1) is 40.8. The molecule has 10 aromatic rings. The first-order valence-electron chi connectivity index (χ1n) is 32.7. The zero-order valence-electron chi connectivity index (χ0n) is 69.0. The van der Waals surface area contributed by atoms with Crippen LogP contribution in [-0.2, 0) is 425 Å². The Morgan fingerprint density at radius 1 is 0.228 bits per heavy atom. The summed E-state index contributed by atoms with van der Waals surface area (Å²) in [5.41, 5.74) is 58.6. The Morgan fingerprint density at radius 3 is 0.772 bits per heavy atom. The van der Waals surface area contributed by atoms with Gasteiger partial charge in [0, 0.05) is 436 Å². The molecule has 15 heteroatoms. The second-order valence-electron chi connectivity index (χ2n) is 28.1. The maximum atomic E-state index is 6.35. The molecule has 101 heavy (non-hydrogen) atoms. The number of hydrogen-bond donors (Lipinski definition) is 0. The molecule has 0 unspecified atom stereocenters. The van der Waals surface area contributed by atoms with E-state index in [0.717, 1.165) is 11.2 Å². The summed E-state index contributed by atoms with van der Waals surface area (Å²) in [5.74, 6) is 1.40. The quantitative estimate of drug-likeness (QED) is 0.109. The number of rotatable bonds is 0. The molecule has 0 fully saturated rings. The van der Waals surface area contributed by atoms with Crippen molar-refractivity contribution < 1.29 is 430 Å². The summed E-state index contributed by atoms with van der Waals surface area (Å²) in [5, 5.41) is 12.0. The van der Waals surface area contributed by atoms with Gasteiger partial charge in [0.15, 0.2) is 0 Å². The van der Waals surface area contributed by atoms with Gasteiger partial charge in [0.1, 0.15) is 20.0 Å². The smallest absolute Gasteiger partial charge is 0.138 e. The molecular weight excluding hydrogens is 2230 g/mol. The van der Waals surface area contributed by atoms with Gasteiger partial charge in [-0.15, -0.1) is 71.6 Å². The van der Waals surface area contributed by atoms with Gasteiger partial charge in [0.25, 0.3) is 0 Å². The van der Waals surface area contributed by atoms with E-state index in [1.807, 2.05) is 0 Å². The first-order valence-corrected chi connectivity index (χ1v) is 34.7. The molecular formula is C86H106OSiY13-3. The predicted octanol–water partition coefficient (Wildman–Crippen LogP) is 23.2. The molecule has 0 spiro atoms. The summed E-state index contributed by atoms with van der Waals surface area (Å²) in [6, 6.07) is 0. The van der Waals surface area contributed by atoms with Crippen LogP contribution in [0.4, 0.5) is 0 Å². The summed E-state index contributed by atoms with van der Waals surface area (Å²) >= 11 is 0. The third-order valence-corrected chi connectivity index (χ3v) is 27.6. The molecule has 0 atom stereocenters. The van der Waals surface area contributed by atoms with Crippen LogP contribution >= 0.6 is 0 Å². The third-order valence-electron chi connectivity index (χ3n) is 24.9. The Balaban J connectivity index is -0.000000389. The number of aryl methyl sites for hydroxylation is 9. The maximum absolute atomic E-state index is 6.35. The van der Waals surface area contributed by atoms with Crippen LogP contribution in [-0.4, -0.2) is 8.80 Å². The molecule has 12 rings (SSSR count). The minimum Gasteiger partial charge on any atom is -0.455 e. The van der Waals surface area contributed by atoms with Gasteiger partial charge in [0.05, 0.1) is 0 Å². The molecule has 0 bridgehead atoms. The molecule has 1 nitrogen and oxygen atoms in total. The Kier molecular flexibility index (Phi) is 53.8. The normalized spacial score (nSPS) is 10.9. The van der Waals surface area contributed by atoms with Gasteiger partial charge in [-0.1, -0.05) is 120 Å². The zero-order chi connectivity index (χ0) is 65.9. The van der Waals surface area contributed by atoms with Crippen LogP contribution in [0.3, 0.4) is 0 Å². The van der Waals surface area contributed by atoms with E-state index in [1.165, 1.54) is 233 Å². The average molecular weight is 2340 g/mol. The fraction of sp³-hybridized carbons (Fsp3) is 0.407. The molecule has 0 saturated carbocycles. The van der Waals surface area contributed by atoms with E-state index in [2.05, 4.69) is 248 Å². The van der Waals surface area contributed by atoms with Crippen molar-refractivity contribution in [3.8, 4) is 22.3 Å². The molecule has 1 aromatic heterocycles. The molecule has 0 amide bonds. The number of hydrogen-bond acceptors (Lipinski definition) is 1. The van der Waals surface area contributed by atoms with Gasteiger partial charge in [0.2, 0.25) is 0 Å². The minimum atomic E-state index is -0.652. The van der Waals surface area contributed by atoms with Crippen molar-refractivity contribution in [2.75, 3.05) is 0 Å². The van der Waals surface area contributed by atoms with Crippen molar-refractivity contribution in [1.29, 1.82) is 0 Å². The Morgan fingerprint density at radius 2 is 0.455 bits per heavy atom. The topological polar surface area (TPSA) is 13.1 Å². The monoisotopic (exact) mass is 2340 g/mol. The molecule has 9 aromatic carbocycles. The third kappa shape index (κ3) is 20.3. The van der Waals surface area contributed by atoms with Gasteiger partial charge < -0.3 is 4.42 Å². The summed E-state index contributed by atoms with van der Waals surface area (Å²) in [4.78, 5) is 0. The Labute approximate surface area is 943 Å². The summed E-state index contributed by atoms with van der Waals surface area (Å²) in [6.07, 6.45) is 2.41. The molecule has 0 saturated heterocycles. The van der Waals surface area contributed by atoms with Crippen LogP contribution in [0.2, 0.25) is 6.55 Å². The predicted molar refractivity (Wildman–Crippen MR) is 393 cm³/mol. The largest absolute Gasteiger partial charge is 0.455 e. The van der Waals surface area contributed by atoms with E-state index in [4.69, 9.17) is 4.42 Å². The molecule has 502 valence electrons. The van der Waals surface area contributed by atoms with Crippen molar-refractivity contribution in [2.45, 2.75) is 242 Å². The van der Waals surface area contributed by atoms with Gasteiger partial charge >= 0.3 is 0 Å². The SMILES string of the molecule is Cc1c(C)c(C)c2c(c1C)-c1c(C)c(C)c(C)c(C)c1[Si]2C.Cc1c(C)c(C)c2c(c1C)[CH-][C-](C)c1c(C)c(C)c(C)c(C)c1-2.Cc1c(C)c(C)c2c(c1C)c1c(C)c(C)c(C)c(C)c1[c-]2C.Cc1c(C)c(C)c2c(oc3c(C)c(C)c(C)c(C)c32)c1C.[Y].[Y].[Y].[Y].[Y].[Y].[Y].[Y].[Y].[Y].[Y].[Y].[Y]. The number of fused-ring (bicyclic) bond motifs is 12. The van der Waals surface area contributed by atoms with Crippen molar-refractivity contribution in [1.82, 2.24) is 0 Å². The van der Waals surface area contributed by atoms with Gasteiger partial charge in [-0.25, -0.2) is 17.9 Å². The Hall–Kier alpha value is 7.74. The van der Waals surface area contributed by atoms with E-state index >= 15 is 0 Å². The van der Waals surface area contributed by atoms with Crippen molar-refractivity contribution in [2.24, 2.45) is 0 Å². The molecule has 14 radical (unpaired) electrons. The molecule has 1 aliphatic heterocycles. The molecule has 2 heterocycles. The summed E-state index contributed by atoms with van der Waals surface area (Å²) in [7, 11) is -0.652. The van der Waals surface area contributed by atoms with Crippen molar-refractivity contribution >= 4 is 62.7 Å². The molecule has 2 aliphatic rings. The minimum absolute atomic E-state index is 0. The van der Waals surface area contributed by atoms with Crippen molar-refractivity contribution in [3.63, 3.8) is 0 Å². The van der Waals surface area contributed by atoms with Crippen LogP contribution in [0, 0.1) is 241 Å². The van der Waals surface area contributed by atoms with E-state index in [-0.39, 0.29) is 425 Å². The first kappa shape index (κ1) is 117. The molecule has 0 N–H and O–H groups in total. The van der Waals surface area contributed by atoms with Gasteiger partial charge in [-0.2, -0.15) is 16.7 Å². The second-order valence-corrected chi connectivity index (χ2v) is 30.4. The Bertz CT molecular complexity index is 4550. The number of benzene rings is 8. The fourth-order valence-corrected chi connectivity index (χ4v) is 19.5. The van der Waals surface area contributed by atoms with Crippen LogP contribution < -0.4 is 10.4 Å². The summed E-state index contributed by atoms with van der Waals surface area (Å²) < 4.78 is 6.35. The van der Waals surface area contributed by atoms with Crippen LogP contribution in [0.25, 0.3) is 65.7 Å².